The number of rotatable bonds is 7. The third kappa shape index (κ3) is 4.49. The molecule has 22 heavy (non-hydrogen) atoms. The van der Waals surface area contributed by atoms with Crippen LogP contribution in [0, 0.1) is 0 Å². The van der Waals surface area contributed by atoms with Crippen molar-refractivity contribution in [2.24, 2.45) is 5.73 Å². The third-order valence-corrected chi connectivity index (χ3v) is 3.72. The van der Waals surface area contributed by atoms with Crippen LogP contribution in [0.3, 0.4) is 0 Å². The van der Waals surface area contributed by atoms with Crippen molar-refractivity contribution in [3.63, 3.8) is 0 Å². The monoisotopic (exact) mass is 320 g/mol. The van der Waals surface area contributed by atoms with Crippen LogP contribution >= 0.6 is 11.3 Å². The molecule has 0 radical (unpaired) electrons. The van der Waals surface area contributed by atoms with Gasteiger partial charge in [0.25, 0.3) is 0 Å². The second kappa shape index (κ2) is 7.46. The fourth-order valence-corrected chi connectivity index (χ4v) is 2.48. The highest BCUT2D eigenvalue weighted by Gasteiger charge is 2.08. The fourth-order valence-electron chi connectivity index (χ4n) is 1.78. The van der Waals surface area contributed by atoms with Crippen LogP contribution in [0.5, 0.6) is 11.5 Å². The standard InChI is InChI=1S/C15H16N2O4S/c16-15(20)10-3-4-13(12(18)8-10)21-6-5-17-14(19)9-11-2-1-7-22-11/h1-4,7-8,18H,5-6,9H2,(H2,16,20)(H,17,19). The van der Waals surface area contributed by atoms with Crippen LogP contribution < -0.4 is 15.8 Å². The van der Waals surface area contributed by atoms with E-state index >= 15 is 0 Å². The molecule has 0 aliphatic rings. The molecule has 2 aromatic rings. The molecule has 6 nitrogen and oxygen atoms in total. The summed E-state index contributed by atoms with van der Waals surface area (Å²) in [6.07, 6.45) is 0.343. The maximum atomic E-state index is 11.6. The number of carbonyl (C=O) groups is 2. The highest BCUT2D eigenvalue weighted by atomic mass is 32.1. The molecule has 0 fully saturated rings. The maximum absolute atomic E-state index is 11.6. The molecule has 0 aliphatic carbocycles. The Morgan fingerprint density at radius 1 is 1.32 bits per heavy atom. The van der Waals surface area contributed by atoms with Crippen molar-refractivity contribution in [3.8, 4) is 11.5 Å². The van der Waals surface area contributed by atoms with Gasteiger partial charge in [0.15, 0.2) is 11.5 Å². The van der Waals surface area contributed by atoms with Gasteiger partial charge in [0.2, 0.25) is 11.8 Å². The predicted molar refractivity (Wildman–Crippen MR) is 83.2 cm³/mol. The largest absolute Gasteiger partial charge is 0.504 e. The van der Waals surface area contributed by atoms with Crippen molar-refractivity contribution < 1.29 is 19.4 Å². The Balaban J connectivity index is 1.74. The summed E-state index contributed by atoms with van der Waals surface area (Å²) in [5.41, 5.74) is 5.31. The number of thiophene rings is 1. The van der Waals surface area contributed by atoms with Gasteiger partial charge in [-0.1, -0.05) is 6.07 Å². The summed E-state index contributed by atoms with van der Waals surface area (Å²) >= 11 is 1.53. The Morgan fingerprint density at radius 2 is 2.14 bits per heavy atom. The topological polar surface area (TPSA) is 102 Å². The summed E-state index contributed by atoms with van der Waals surface area (Å²) in [4.78, 5) is 23.6. The van der Waals surface area contributed by atoms with E-state index in [0.717, 1.165) is 4.88 Å². The molecule has 0 saturated carbocycles. The lowest BCUT2D eigenvalue weighted by Gasteiger charge is -2.09. The van der Waals surface area contributed by atoms with Gasteiger partial charge in [-0.05, 0) is 29.6 Å². The van der Waals surface area contributed by atoms with E-state index in [4.69, 9.17) is 10.5 Å². The van der Waals surface area contributed by atoms with Crippen LogP contribution in [0.15, 0.2) is 35.7 Å². The molecular weight excluding hydrogens is 304 g/mol. The van der Waals surface area contributed by atoms with Crippen molar-refractivity contribution in [2.75, 3.05) is 13.2 Å². The number of nitrogens with one attached hydrogen (secondary N) is 1. The summed E-state index contributed by atoms with van der Waals surface area (Å²) in [6.45, 7) is 0.529. The van der Waals surface area contributed by atoms with E-state index in [9.17, 15) is 14.7 Å². The number of primary amides is 1. The Morgan fingerprint density at radius 3 is 2.77 bits per heavy atom. The molecule has 0 aliphatic heterocycles. The van der Waals surface area contributed by atoms with E-state index in [1.807, 2.05) is 17.5 Å². The lowest BCUT2D eigenvalue weighted by atomic mass is 10.2. The van der Waals surface area contributed by atoms with Crippen LogP contribution in [-0.2, 0) is 11.2 Å². The van der Waals surface area contributed by atoms with E-state index in [1.165, 1.54) is 29.5 Å². The van der Waals surface area contributed by atoms with E-state index in [0.29, 0.717) is 13.0 Å². The Kier molecular flexibility index (Phi) is 5.37. The van der Waals surface area contributed by atoms with Crippen LogP contribution in [0.25, 0.3) is 0 Å². The van der Waals surface area contributed by atoms with Gasteiger partial charge in [0.1, 0.15) is 6.61 Å². The van der Waals surface area contributed by atoms with Crippen molar-refractivity contribution in [3.05, 3.63) is 46.2 Å². The molecule has 2 rings (SSSR count). The molecule has 0 saturated heterocycles. The highest BCUT2D eigenvalue weighted by molar-refractivity contribution is 7.10. The number of hydrogen-bond acceptors (Lipinski definition) is 5. The predicted octanol–water partition coefficient (Wildman–Crippen LogP) is 1.29. The van der Waals surface area contributed by atoms with Gasteiger partial charge in [-0.2, -0.15) is 0 Å². The van der Waals surface area contributed by atoms with Crippen molar-refractivity contribution in [1.29, 1.82) is 0 Å². The lowest BCUT2D eigenvalue weighted by molar-refractivity contribution is -0.120. The molecule has 4 N–H and O–H groups in total. The first-order chi connectivity index (χ1) is 10.6. The minimum Gasteiger partial charge on any atom is -0.504 e. The highest BCUT2D eigenvalue weighted by Crippen LogP contribution is 2.26. The lowest BCUT2D eigenvalue weighted by Crippen LogP contribution is -2.29. The van der Waals surface area contributed by atoms with Gasteiger partial charge in [0.05, 0.1) is 13.0 Å². The molecule has 7 heteroatoms. The second-order valence-electron chi connectivity index (χ2n) is 4.50. The zero-order valence-corrected chi connectivity index (χ0v) is 12.6. The number of ether oxygens (including phenoxy) is 1. The molecule has 1 aromatic carbocycles. The van der Waals surface area contributed by atoms with E-state index in [-0.39, 0.29) is 29.6 Å². The Bertz CT molecular complexity index is 656. The summed E-state index contributed by atoms with van der Waals surface area (Å²) in [7, 11) is 0. The minimum absolute atomic E-state index is 0.0839. The Labute approximate surface area is 131 Å². The maximum Gasteiger partial charge on any atom is 0.248 e. The first-order valence-corrected chi connectivity index (χ1v) is 7.49. The van der Waals surface area contributed by atoms with Crippen molar-refractivity contribution in [2.45, 2.75) is 6.42 Å². The smallest absolute Gasteiger partial charge is 0.248 e. The first kappa shape index (κ1) is 15.8. The van der Waals surface area contributed by atoms with Crippen molar-refractivity contribution >= 4 is 23.2 Å². The molecule has 0 spiro atoms. The number of phenolic OH excluding ortho intramolecular Hbond substituents is 1. The summed E-state index contributed by atoms with van der Waals surface area (Å²) in [5, 5.41) is 14.3. The molecule has 116 valence electrons. The number of phenols is 1. The quantitative estimate of drug-likeness (QED) is 0.669. The van der Waals surface area contributed by atoms with Gasteiger partial charge in [0, 0.05) is 10.4 Å². The van der Waals surface area contributed by atoms with E-state index in [2.05, 4.69) is 5.32 Å². The van der Waals surface area contributed by atoms with Gasteiger partial charge in [-0.15, -0.1) is 11.3 Å². The second-order valence-corrected chi connectivity index (χ2v) is 5.53. The van der Waals surface area contributed by atoms with Gasteiger partial charge in [-0.25, -0.2) is 0 Å². The first-order valence-electron chi connectivity index (χ1n) is 6.61. The minimum atomic E-state index is -0.623. The number of hydrogen-bond donors (Lipinski definition) is 3. The zero-order chi connectivity index (χ0) is 15.9. The average molecular weight is 320 g/mol. The molecule has 0 bridgehead atoms. The summed E-state index contributed by atoms with van der Waals surface area (Å²) in [6, 6.07) is 7.97. The molecule has 2 amide bonds. The van der Waals surface area contributed by atoms with E-state index < -0.39 is 5.91 Å². The molecule has 0 unspecified atom stereocenters. The third-order valence-electron chi connectivity index (χ3n) is 2.84. The normalized spacial score (nSPS) is 10.2. The fraction of sp³-hybridized carbons (Fsp3) is 0.200. The summed E-state index contributed by atoms with van der Waals surface area (Å²) < 4.78 is 5.34. The molecule has 1 heterocycles. The van der Waals surface area contributed by atoms with Gasteiger partial charge in [-0.3, -0.25) is 9.59 Å². The molecule has 0 atom stereocenters. The Hall–Kier alpha value is -2.54. The van der Waals surface area contributed by atoms with Gasteiger partial charge >= 0.3 is 0 Å². The average Bonchev–Trinajstić information content (AvgIpc) is 2.97. The SMILES string of the molecule is NC(=O)c1ccc(OCCNC(=O)Cc2cccs2)c(O)c1. The van der Waals surface area contributed by atoms with Gasteiger partial charge < -0.3 is 20.9 Å². The zero-order valence-electron chi connectivity index (χ0n) is 11.7. The molecular formula is C15H16N2O4S. The molecule has 1 aromatic heterocycles. The number of benzene rings is 1. The van der Waals surface area contributed by atoms with Crippen molar-refractivity contribution in [1.82, 2.24) is 5.32 Å². The summed E-state index contributed by atoms with van der Waals surface area (Å²) in [5.74, 6) is -0.638. The number of nitrogens with two attached hydrogens (primary N) is 1. The number of amides is 2. The number of aromatic hydroxyl groups is 1. The number of carbonyl (C=O) groups excluding carboxylic acids is 2. The van der Waals surface area contributed by atoms with Crippen LogP contribution in [-0.4, -0.2) is 30.1 Å². The van der Waals surface area contributed by atoms with E-state index in [1.54, 1.807) is 0 Å². The van der Waals surface area contributed by atoms with Crippen LogP contribution in [0.4, 0.5) is 0 Å². The van der Waals surface area contributed by atoms with Crippen LogP contribution in [0.1, 0.15) is 15.2 Å². The van der Waals surface area contributed by atoms with Crippen LogP contribution in [0.2, 0.25) is 0 Å².